The van der Waals surface area contributed by atoms with Crippen LogP contribution in [0.4, 0.5) is 0 Å². The second-order valence-corrected chi connectivity index (χ2v) is 3.88. The molecule has 1 unspecified atom stereocenters. The van der Waals surface area contributed by atoms with Crippen molar-refractivity contribution in [2.45, 2.75) is 45.8 Å². The largest absolute Gasteiger partial charge is 0.379 e. The lowest BCUT2D eigenvalue weighted by Crippen LogP contribution is -2.35. The van der Waals surface area contributed by atoms with Crippen LogP contribution in [0.25, 0.3) is 0 Å². The molecule has 0 heterocycles. The first-order chi connectivity index (χ1) is 6.02. The molecule has 0 aromatic heterocycles. The van der Waals surface area contributed by atoms with E-state index in [1.165, 1.54) is 0 Å². The highest BCUT2D eigenvalue weighted by atomic mass is 16.5. The number of ether oxygens (including phenoxy) is 1. The van der Waals surface area contributed by atoms with Gasteiger partial charge >= 0.3 is 0 Å². The molecule has 0 rings (SSSR count). The van der Waals surface area contributed by atoms with Crippen LogP contribution in [0.2, 0.25) is 0 Å². The summed E-state index contributed by atoms with van der Waals surface area (Å²) in [4.78, 5) is 0. The third-order valence-electron chi connectivity index (χ3n) is 2.07. The molecule has 0 saturated heterocycles. The first kappa shape index (κ1) is 12.5. The molecule has 0 aromatic rings. The fourth-order valence-electron chi connectivity index (χ4n) is 1.21. The van der Waals surface area contributed by atoms with E-state index in [1.54, 1.807) is 7.11 Å². The van der Waals surface area contributed by atoms with E-state index in [2.05, 4.69) is 37.9 Å². The Kier molecular flexibility index (Phi) is 5.77. The van der Waals surface area contributed by atoms with Gasteiger partial charge in [0.25, 0.3) is 0 Å². The molecule has 0 radical (unpaired) electrons. The van der Waals surface area contributed by atoms with Crippen LogP contribution in [0.3, 0.4) is 0 Å². The van der Waals surface area contributed by atoms with Gasteiger partial charge in [-0.15, -0.1) is 5.92 Å². The molecule has 13 heavy (non-hydrogen) atoms. The van der Waals surface area contributed by atoms with Gasteiger partial charge in [0, 0.05) is 13.2 Å². The molecule has 0 saturated carbocycles. The summed E-state index contributed by atoms with van der Waals surface area (Å²) in [5, 5.41) is 3.32. The molecular weight excluding hydrogens is 162 g/mol. The van der Waals surface area contributed by atoms with Crippen molar-refractivity contribution in [1.82, 2.24) is 5.32 Å². The van der Waals surface area contributed by atoms with Crippen LogP contribution in [0.5, 0.6) is 0 Å². The molecule has 1 N–H and O–H groups in total. The number of hydrogen-bond acceptors (Lipinski definition) is 2. The van der Waals surface area contributed by atoms with E-state index in [9.17, 15) is 0 Å². The fraction of sp³-hybridized carbons (Fsp3) is 0.818. The zero-order valence-electron chi connectivity index (χ0n) is 9.40. The van der Waals surface area contributed by atoms with Gasteiger partial charge in [-0.05, 0) is 34.1 Å². The quantitative estimate of drug-likeness (QED) is 0.656. The molecule has 0 aliphatic heterocycles. The Morgan fingerprint density at radius 1 is 1.46 bits per heavy atom. The first-order valence-electron chi connectivity index (χ1n) is 4.70. The molecule has 0 bridgehead atoms. The Morgan fingerprint density at radius 2 is 2.08 bits per heavy atom. The zero-order valence-corrected chi connectivity index (χ0v) is 9.40. The van der Waals surface area contributed by atoms with Crippen LogP contribution in [-0.2, 0) is 4.74 Å². The van der Waals surface area contributed by atoms with Gasteiger partial charge in [0.2, 0.25) is 0 Å². The predicted molar refractivity (Wildman–Crippen MR) is 56.6 cm³/mol. The molecular formula is C11H21NO. The topological polar surface area (TPSA) is 21.3 Å². The molecule has 0 spiro atoms. The second-order valence-electron chi connectivity index (χ2n) is 3.88. The maximum absolute atomic E-state index is 5.34. The van der Waals surface area contributed by atoms with E-state index in [4.69, 9.17) is 4.74 Å². The van der Waals surface area contributed by atoms with Crippen molar-refractivity contribution in [2.24, 2.45) is 0 Å². The number of hydrogen-bond donors (Lipinski definition) is 1. The van der Waals surface area contributed by atoms with Gasteiger partial charge in [-0.3, -0.25) is 0 Å². The summed E-state index contributed by atoms with van der Waals surface area (Å²) in [6.45, 7) is 8.95. The average molecular weight is 183 g/mol. The maximum Gasteiger partial charge on any atom is 0.0637 e. The lowest BCUT2D eigenvalue weighted by molar-refractivity contribution is 0.00890. The molecule has 0 aromatic carbocycles. The Bertz CT molecular complexity index is 188. The van der Waals surface area contributed by atoms with Crippen molar-refractivity contribution in [1.29, 1.82) is 0 Å². The van der Waals surface area contributed by atoms with Crippen molar-refractivity contribution < 1.29 is 4.74 Å². The van der Waals surface area contributed by atoms with Crippen molar-refractivity contribution in [2.75, 3.05) is 13.7 Å². The lowest BCUT2D eigenvalue weighted by atomic mass is 10.00. The zero-order chi connectivity index (χ0) is 10.3. The summed E-state index contributed by atoms with van der Waals surface area (Å²) in [6.07, 6.45) is 0.995. The molecule has 76 valence electrons. The fourth-order valence-corrected chi connectivity index (χ4v) is 1.21. The molecule has 0 aliphatic rings. The summed E-state index contributed by atoms with van der Waals surface area (Å²) >= 11 is 0. The Morgan fingerprint density at radius 3 is 2.54 bits per heavy atom. The van der Waals surface area contributed by atoms with Gasteiger partial charge in [0.05, 0.1) is 12.1 Å². The summed E-state index contributed by atoms with van der Waals surface area (Å²) in [5.41, 5.74) is -0.0495. The lowest BCUT2D eigenvalue weighted by Gasteiger charge is -2.26. The second kappa shape index (κ2) is 6.01. The number of methoxy groups -OCH3 is 1. The van der Waals surface area contributed by atoms with Gasteiger partial charge in [-0.1, -0.05) is 5.92 Å². The first-order valence-corrected chi connectivity index (χ1v) is 4.70. The third-order valence-corrected chi connectivity index (χ3v) is 2.07. The van der Waals surface area contributed by atoms with Crippen LogP contribution < -0.4 is 5.32 Å². The minimum Gasteiger partial charge on any atom is -0.379 e. The number of rotatable bonds is 5. The Hall–Kier alpha value is -0.520. The summed E-state index contributed by atoms with van der Waals surface area (Å²) in [6, 6.07) is 0.441. The van der Waals surface area contributed by atoms with Crippen molar-refractivity contribution >= 4 is 0 Å². The maximum atomic E-state index is 5.34. The minimum absolute atomic E-state index is 0.0495. The van der Waals surface area contributed by atoms with Crippen LogP contribution in [0.1, 0.15) is 34.1 Å². The van der Waals surface area contributed by atoms with Crippen molar-refractivity contribution in [3.05, 3.63) is 0 Å². The molecule has 2 nitrogen and oxygen atoms in total. The smallest absolute Gasteiger partial charge is 0.0637 e. The number of nitrogens with one attached hydrogen (secondary N) is 1. The van der Waals surface area contributed by atoms with E-state index in [1.807, 2.05) is 6.92 Å². The third kappa shape index (κ3) is 6.62. The van der Waals surface area contributed by atoms with Gasteiger partial charge in [0.1, 0.15) is 0 Å². The summed E-state index contributed by atoms with van der Waals surface area (Å²) < 4.78 is 5.34. The van der Waals surface area contributed by atoms with Gasteiger partial charge in [-0.2, -0.15) is 0 Å². The van der Waals surface area contributed by atoms with Crippen molar-refractivity contribution in [3.63, 3.8) is 0 Å². The van der Waals surface area contributed by atoms with E-state index in [-0.39, 0.29) is 5.60 Å². The summed E-state index contributed by atoms with van der Waals surface area (Å²) in [5.74, 6) is 5.84. The predicted octanol–water partition coefficient (Wildman–Crippen LogP) is 1.80. The molecule has 2 heteroatoms. The standard InChI is InChI=1S/C11H21NO/c1-6-7-8-12-10(2)9-11(3,4)13-5/h10,12H,8-9H2,1-5H3. The highest BCUT2D eigenvalue weighted by Gasteiger charge is 2.19. The molecule has 0 aliphatic carbocycles. The van der Waals surface area contributed by atoms with Crippen molar-refractivity contribution in [3.8, 4) is 11.8 Å². The van der Waals surface area contributed by atoms with E-state index < -0.39 is 0 Å². The van der Waals surface area contributed by atoms with E-state index >= 15 is 0 Å². The Labute approximate surface area is 82.1 Å². The normalized spacial score (nSPS) is 13.3. The minimum atomic E-state index is -0.0495. The van der Waals surface area contributed by atoms with Crippen LogP contribution in [0.15, 0.2) is 0 Å². The highest BCUT2D eigenvalue weighted by molar-refractivity contribution is 4.97. The highest BCUT2D eigenvalue weighted by Crippen LogP contribution is 2.14. The van der Waals surface area contributed by atoms with Gasteiger partial charge in [-0.25, -0.2) is 0 Å². The van der Waals surface area contributed by atoms with Crippen LogP contribution in [-0.4, -0.2) is 25.3 Å². The Balaban J connectivity index is 3.71. The molecule has 0 fully saturated rings. The summed E-state index contributed by atoms with van der Waals surface area (Å²) in [7, 11) is 1.75. The monoisotopic (exact) mass is 183 g/mol. The SMILES string of the molecule is CC#CCNC(C)CC(C)(C)OC. The van der Waals surface area contributed by atoms with Crippen LogP contribution in [0, 0.1) is 11.8 Å². The van der Waals surface area contributed by atoms with E-state index in [0.717, 1.165) is 13.0 Å². The molecule has 0 amide bonds. The van der Waals surface area contributed by atoms with Gasteiger partial charge in [0.15, 0.2) is 0 Å². The van der Waals surface area contributed by atoms with E-state index in [0.29, 0.717) is 6.04 Å². The van der Waals surface area contributed by atoms with Gasteiger partial charge < -0.3 is 10.1 Å². The molecule has 1 atom stereocenters. The average Bonchev–Trinajstić information content (AvgIpc) is 2.04. The van der Waals surface area contributed by atoms with Crippen LogP contribution >= 0.6 is 0 Å².